The highest BCUT2D eigenvalue weighted by Gasteiger charge is 2.57. The molecular formula is C15H19N5O5S2. The first-order chi connectivity index (χ1) is 12.9. The average molecular weight is 413 g/mol. The first-order valence-corrected chi connectivity index (χ1v) is 10.1. The fourth-order valence-corrected chi connectivity index (χ4v) is 5.47. The summed E-state index contributed by atoms with van der Waals surface area (Å²) in [6, 6.07) is -1.11. The molecule has 0 bridgehead atoms. The van der Waals surface area contributed by atoms with Gasteiger partial charge >= 0.3 is 12.0 Å². The highest BCUT2D eigenvalue weighted by molar-refractivity contribution is 8.00. The van der Waals surface area contributed by atoms with E-state index in [1.807, 2.05) is 0 Å². The van der Waals surface area contributed by atoms with Crippen LogP contribution >= 0.6 is 23.5 Å². The Morgan fingerprint density at radius 2 is 2.33 bits per heavy atom. The van der Waals surface area contributed by atoms with Crippen molar-refractivity contribution >= 4 is 41.4 Å². The Balaban J connectivity index is 1.62. The number of urea groups is 1. The molecule has 10 nitrogen and oxygen atoms in total. The van der Waals surface area contributed by atoms with Crippen molar-refractivity contribution in [3.63, 3.8) is 0 Å². The number of carbonyl (C=O) groups is 3. The molecule has 3 amide bonds. The van der Waals surface area contributed by atoms with Crippen LogP contribution < -0.4 is 10.6 Å². The van der Waals surface area contributed by atoms with Gasteiger partial charge < -0.3 is 25.1 Å². The third-order valence-electron chi connectivity index (χ3n) is 4.27. The molecule has 3 rings (SSSR count). The van der Waals surface area contributed by atoms with Crippen LogP contribution in [0.3, 0.4) is 0 Å². The number of thioether (sulfide) groups is 2. The Morgan fingerprint density at radius 1 is 1.56 bits per heavy atom. The standard InChI is InChI=1S/C15H19N5O5S2/c1-3-4-16-13(24)17-9-10(21)20-5-15(12(22)23,6-26-11(9)20)7-27-14-19-18-8(2)25-14/h3,9,11H,1,4-7H2,2H3,(H,22,23)(H2,16,17,24)/t9?,11-,15?/m1/s1. The number of carboxylic acid groups (broad SMARTS) is 1. The molecule has 0 aromatic carbocycles. The number of nitrogens with one attached hydrogen (secondary N) is 2. The van der Waals surface area contributed by atoms with E-state index in [4.69, 9.17) is 4.42 Å². The van der Waals surface area contributed by atoms with Gasteiger partial charge in [0, 0.05) is 31.5 Å². The average Bonchev–Trinajstić information content (AvgIpc) is 3.07. The van der Waals surface area contributed by atoms with Gasteiger partial charge in [0.05, 0.1) is 0 Å². The molecule has 2 unspecified atom stereocenters. The van der Waals surface area contributed by atoms with Crippen LogP contribution in [0.4, 0.5) is 4.79 Å². The molecule has 146 valence electrons. The SMILES string of the molecule is C=CCNC(=O)NC1C(=O)N2CC(CSc3nnc(C)o3)(C(=O)O)CS[C@H]12. The number of hydrogen-bond donors (Lipinski definition) is 3. The zero-order valence-corrected chi connectivity index (χ0v) is 16.1. The summed E-state index contributed by atoms with van der Waals surface area (Å²) in [7, 11) is 0. The normalized spacial score (nSPS) is 26.7. The summed E-state index contributed by atoms with van der Waals surface area (Å²) in [5.41, 5.74) is -1.13. The first kappa shape index (κ1) is 19.5. The van der Waals surface area contributed by atoms with Crippen LogP contribution in [0, 0.1) is 12.3 Å². The zero-order valence-electron chi connectivity index (χ0n) is 14.5. The third kappa shape index (κ3) is 3.90. The topological polar surface area (TPSA) is 138 Å². The summed E-state index contributed by atoms with van der Waals surface area (Å²) in [5, 5.41) is 22.6. The maximum atomic E-state index is 12.4. The second kappa shape index (κ2) is 7.80. The number of aryl methyl sites for hydroxylation is 1. The quantitative estimate of drug-likeness (QED) is 0.327. The van der Waals surface area contributed by atoms with E-state index < -0.39 is 23.5 Å². The Labute approximate surface area is 163 Å². The highest BCUT2D eigenvalue weighted by Crippen LogP contribution is 2.44. The molecular weight excluding hydrogens is 394 g/mol. The van der Waals surface area contributed by atoms with Crippen LogP contribution in [0.25, 0.3) is 0 Å². The summed E-state index contributed by atoms with van der Waals surface area (Å²) in [6.07, 6.45) is 1.54. The van der Waals surface area contributed by atoms with Crippen LogP contribution in [0.1, 0.15) is 5.89 Å². The van der Waals surface area contributed by atoms with Gasteiger partial charge in [0.2, 0.25) is 11.8 Å². The highest BCUT2D eigenvalue weighted by atomic mass is 32.2. The summed E-state index contributed by atoms with van der Waals surface area (Å²) in [4.78, 5) is 37.6. The van der Waals surface area contributed by atoms with E-state index in [2.05, 4.69) is 27.4 Å². The van der Waals surface area contributed by atoms with Gasteiger partial charge in [-0.2, -0.15) is 0 Å². The number of β-lactam (4-membered cyclic amide) rings is 1. The summed E-state index contributed by atoms with van der Waals surface area (Å²) < 4.78 is 5.27. The van der Waals surface area contributed by atoms with Crippen LogP contribution in [0.5, 0.6) is 0 Å². The molecule has 1 aromatic heterocycles. The van der Waals surface area contributed by atoms with E-state index in [0.29, 0.717) is 23.4 Å². The zero-order chi connectivity index (χ0) is 19.6. The van der Waals surface area contributed by atoms with Crippen molar-refractivity contribution < 1.29 is 23.9 Å². The van der Waals surface area contributed by atoms with E-state index in [9.17, 15) is 19.5 Å². The Hall–Kier alpha value is -2.21. The van der Waals surface area contributed by atoms with Crippen LogP contribution in [-0.2, 0) is 9.59 Å². The minimum atomic E-state index is -1.13. The third-order valence-corrected chi connectivity index (χ3v) is 6.97. The number of hydrogen-bond acceptors (Lipinski definition) is 8. The molecule has 1 aromatic rings. The molecule has 0 aliphatic carbocycles. The molecule has 0 radical (unpaired) electrons. The largest absolute Gasteiger partial charge is 0.481 e. The number of amides is 3. The van der Waals surface area contributed by atoms with E-state index in [1.54, 1.807) is 6.92 Å². The predicted octanol–water partition coefficient (Wildman–Crippen LogP) is 0.310. The molecule has 2 aliphatic heterocycles. The molecule has 3 heterocycles. The number of fused-ring (bicyclic) bond motifs is 1. The molecule has 2 fully saturated rings. The number of rotatable bonds is 7. The number of aliphatic carboxylic acids is 1. The lowest BCUT2D eigenvalue weighted by molar-refractivity contribution is -0.156. The first-order valence-electron chi connectivity index (χ1n) is 8.10. The van der Waals surface area contributed by atoms with Gasteiger partial charge in [0.15, 0.2) is 0 Å². The van der Waals surface area contributed by atoms with Crippen molar-refractivity contribution in [1.82, 2.24) is 25.7 Å². The van der Waals surface area contributed by atoms with Crippen LogP contribution in [0.2, 0.25) is 0 Å². The lowest BCUT2D eigenvalue weighted by atomic mass is 9.89. The maximum absolute atomic E-state index is 12.4. The second-order valence-electron chi connectivity index (χ2n) is 6.25. The van der Waals surface area contributed by atoms with Crippen molar-refractivity contribution in [2.24, 2.45) is 5.41 Å². The van der Waals surface area contributed by atoms with Crippen molar-refractivity contribution in [3.8, 4) is 0 Å². The summed E-state index contributed by atoms with van der Waals surface area (Å²) in [6.45, 7) is 5.53. The molecule has 12 heteroatoms. The van der Waals surface area contributed by atoms with Gasteiger partial charge in [-0.1, -0.05) is 17.8 Å². The Kier molecular flexibility index (Phi) is 5.65. The predicted molar refractivity (Wildman–Crippen MR) is 98.3 cm³/mol. The monoisotopic (exact) mass is 413 g/mol. The lowest BCUT2D eigenvalue weighted by Gasteiger charge is -2.53. The van der Waals surface area contributed by atoms with Crippen molar-refractivity contribution in [1.29, 1.82) is 0 Å². The molecule has 2 aliphatic rings. The number of carboxylic acids is 1. The smallest absolute Gasteiger partial charge is 0.315 e. The van der Waals surface area contributed by atoms with Crippen LogP contribution in [-0.4, -0.2) is 74.1 Å². The summed E-state index contributed by atoms with van der Waals surface area (Å²) >= 11 is 2.51. The number of nitrogens with zero attached hydrogens (tertiary/aromatic N) is 3. The minimum absolute atomic E-state index is 0.0748. The lowest BCUT2D eigenvalue weighted by Crippen LogP contribution is -2.74. The molecule has 2 saturated heterocycles. The fourth-order valence-electron chi connectivity index (χ4n) is 2.80. The second-order valence-corrected chi connectivity index (χ2v) is 8.28. The minimum Gasteiger partial charge on any atom is -0.481 e. The molecule has 27 heavy (non-hydrogen) atoms. The Morgan fingerprint density at radius 3 is 2.96 bits per heavy atom. The van der Waals surface area contributed by atoms with E-state index in [-0.39, 0.29) is 23.6 Å². The van der Waals surface area contributed by atoms with Crippen molar-refractivity contribution in [2.75, 3.05) is 24.6 Å². The van der Waals surface area contributed by atoms with Crippen molar-refractivity contribution in [2.45, 2.75) is 23.6 Å². The Bertz CT molecular complexity index is 772. The fraction of sp³-hybridized carbons (Fsp3) is 0.533. The molecule has 0 spiro atoms. The number of carbonyl (C=O) groups excluding carboxylic acids is 2. The van der Waals surface area contributed by atoms with Crippen LogP contribution in [0.15, 0.2) is 22.3 Å². The van der Waals surface area contributed by atoms with Gasteiger partial charge in [-0.15, -0.1) is 28.5 Å². The van der Waals surface area contributed by atoms with Gasteiger partial charge in [0.1, 0.15) is 16.8 Å². The van der Waals surface area contributed by atoms with E-state index in [0.717, 1.165) is 11.8 Å². The van der Waals surface area contributed by atoms with Gasteiger partial charge in [0.25, 0.3) is 5.22 Å². The molecule has 3 atom stereocenters. The van der Waals surface area contributed by atoms with Gasteiger partial charge in [-0.25, -0.2) is 4.79 Å². The van der Waals surface area contributed by atoms with E-state index >= 15 is 0 Å². The maximum Gasteiger partial charge on any atom is 0.315 e. The van der Waals surface area contributed by atoms with Gasteiger partial charge in [-0.3, -0.25) is 9.59 Å². The molecule has 3 N–H and O–H groups in total. The number of aromatic nitrogens is 2. The van der Waals surface area contributed by atoms with E-state index in [1.165, 1.54) is 22.7 Å². The summed E-state index contributed by atoms with van der Waals surface area (Å²) in [5.74, 6) is -0.355. The van der Waals surface area contributed by atoms with Gasteiger partial charge in [-0.05, 0) is 0 Å². The van der Waals surface area contributed by atoms with Crippen molar-refractivity contribution in [3.05, 3.63) is 18.5 Å². The molecule has 0 saturated carbocycles.